The molecule has 0 aromatic carbocycles. The molecule has 0 saturated carbocycles. The fourth-order valence-corrected chi connectivity index (χ4v) is 1.73. The molecule has 1 rings (SSSR count). The van der Waals surface area contributed by atoms with E-state index in [-0.39, 0.29) is 0 Å². The third-order valence-electron chi connectivity index (χ3n) is 2.50. The van der Waals surface area contributed by atoms with Crippen molar-refractivity contribution in [2.45, 2.75) is 53.5 Å². The van der Waals surface area contributed by atoms with Crippen molar-refractivity contribution in [3.63, 3.8) is 0 Å². The lowest BCUT2D eigenvalue weighted by molar-refractivity contribution is 0.511. The van der Waals surface area contributed by atoms with E-state index in [4.69, 9.17) is 0 Å². The number of rotatable bonds is 6. The van der Waals surface area contributed by atoms with E-state index < -0.39 is 0 Å². The number of aromatic nitrogens is 2. The Hall–Kier alpha value is -0.790. The fraction of sp³-hybridized carbons (Fsp3) is 0.769. The summed E-state index contributed by atoms with van der Waals surface area (Å²) in [6, 6.07) is 0. The molecule has 2 nitrogen and oxygen atoms in total. The van der Waals surface area contributed by atoms with Crippen LogP contribution in [0.25, 0.3) is 0 Å². The van der Waals surface area contributed by atoms with Crippen LogP contribution >= 0.6 is 0 Å². The molecular weight excluding hydrogens is 184 g/mol. The number of hydrogen-bond donors (Lipinski definition) is 0. The monoisotopic (exact) mass is 208 g/mol. The maximum absolute atomic E-state index is 4.42. The van der Waals surface area contributed by atoms with Crippen LogP contribution in [0.1, 0.15) is 46.2 Å². The Balaban J connectivity index is 2.33. The summed E-state index contributed by atoms with van der Waals surface area (Å²) in [5.74, 6) is 1.51. The molecule has 0 aliphatic heterocycles. The maximum Gasteiger partial charge on any atom is 0.0949 e. The van der Waals surface area contributed by atoms with Crippen LogP contribution in [-0.2, 0) is 13.0 Å². The maximum atomic E-state index is 4.42. The standard InChI is InChI=1S/C13H24N2/c1-11(2)6-5-7-15-9-13(14-10-15)8-12(3)4/h9-12H,5-8H2,1-4H3. The highest BCUT2D eigenvalue weighted by Crippen LogP contribution is 2.08. The largest absolute Gasteiger partial charge is 0.337 e. The van der Waals surface area contributed by atoms with Crippen molar-refractivity contribution < 1.29 is 0 Å². The van der Waals surface area contributed by atoms with Crippen LogP contribution < -0.4 is 0 Å². The number of hydrogen-bond acceptors (Lipinski definition) is 1. The van der Waals surface area contributed by atoms with Gasteiger partial charge in [-0.3, -0.25) is 0 Å². The van der Waals surface area contributed by atoms with E-state index in [1.807, 2.05) is 6.33 Å². The fourth-order valence-electron chi connectivity index (χ4n) is 1.73. The van der Waals surface area contributed by atoms with Gasteiger partial charge in [0.15, 0.2) is 0 Å². The van der Waals surface area contributed by atoms with Gasteiger partial charge in [0.2, 0.25) is 0 Å². The van der Waals surface area contributed by atoms with Crippen LogP contribution in [0.5, 0.6) is 0 Å². The quantitative estimate of drug-likeness (QED) is 0.699. The zero-order valence-electron chi connectivity index (χ0n) is 10.5. The molecule has 0 amide bonds. The van der Waals surface area contributed by atoms with Crippen molar-refractivity contribution in [1.82, 2.24) is 9.55 Å². The minimum absolute atomic E-state index is 0.698. The predicted molar refractivity (Wildman–Crippen MR) is 64.8 cm³/mol. The van der Waals surface area contributed by atoms with E-state index in [1.54, 1.807) is 0 Å². The summed E-state index contributed by atoms with van der Waals surface area (Å²) in [5, 5.41) is 0. The summed E-state index contributed by atoms with van der Waals surface area (Å²) < 4.78 is 2.22. The zero-order valence-corrected chi connectivity index (χ0v) is 10.5. The van der Waals surface area contributed by atoms with Crippen LogP contribution in [0.15, 0.2) is 12.5 Å². The summed E-state index contributed by atoms with van der Waals surface area (Å²) in [5.41, 5.74) is 1.23. The Labute approximate surface area is 93.7 Å². The summed E-state index contributed by atoms with van der Waals surface area (Å²) in [6.45, 7) is 10.1. The summed E-state index contributed by atoms with van der Waals surface area (Å²) >= 11 is 0. The lowest BCUT2D eigenvalue weighted by atomic mass is 10.1. The highest BCUT2D eigenvalue weighted by Gasteiger charge is 2.02. The normalized spacial score (nSPS) is 11.6. The van der Waals surface area contributed by atoms with Crippen molar-refractivity contribution in [1.29, 1.82) is 0 Å². The second-order valence-electron chi connectivity index (χ2n) is 5.24. The number of aryl methyl sites for hydroxylation is 1. The third kappa shape index (κ3) is 5.01. The Morgan fingerprint density at radius 1 is 1.20 bits per heavy atom. The topological polar surface area (TPSA) is 17.8 Å². The molecule has 1 heterocycles. The molecule has 0 fully saturated rings. The van der Waals surface area contributed by atoms with Crippen LogP contribution in [0.4, 0.5) is 0 Å². The van der Waals surface area contributed by atoms with Gasteiger partial charge < -0.3 is 4.57 Å². The molecule has 0 aliphatic rings. The SMILES string of the molecule is CC(C)CCCn1cnc(CC(C)C)c1. The highest BCUT2D eigenvalue weighted by molar-refractivity contribution is 4.97. The summed E-state index contributed by atoms with van der Waals surface area (Å²) in [4.78, 5) is 4.42. The Morgan fingerprint density at radius 3 is 2.53 bits per heavy atom. The lowest BCUT2D eigenvalue weighted by Crippen LogP contribution is -1.97. The van der Waals surface area contributed by atoms with E-state index in [9.17, 15) is 0 Å². The van der Waals surface area contributed by atoms with Gasteiger partial charge in [-0.15, -0.1) is 0 Å². The van der Waals surface area contributed by atoms with Gasteiger partial charge in [-0.1, -0.05) is 27.7 Å². The molecule has 1 aromatic heterocycles. The van der Waals surface area contributed by atoms with Gasteiger partial charge in [0.1, 0.15) is 0 Å². The van der Waals surface area contributed by atoms with Crippen LogP contribution in [0.2, 0.25) is 0 Å². The first-order chi connectivity index (χ1) is 7.08. The van der Waals surface area contributed by atoms with Crippen LogP contribution in [0, 0.1) is 11.8 Å². The van der Waals surface area contributed by atoms with E-state index in [2.05, 4.69) is 43.4 Å². The first-order valence-electron chi connectivity index (χ1n) is 6.08. The van der Waals surface area contributed by atoms with Gasteiger partial charge >= 0.3 is 0 Å². The van der Waals surface area contributed by atoms with E-state index in [1.165, 1.54) is 18.5 Å². The molecule has 0 aliphatic carbocycles. The molecule has 15 heavy (non-hydrogen) atoms. The molecule has 2 heteroatoms. The molecule has 1 aromatic rings. The Bertz CT molecular complexity index is 274. The van der Waals surface area contributed by atoms with Crippen molar-refractivity contribution in [2.75, 3.05) is 0 Å². The Kier molecular flexibility index (Phi) is 4.86. The van der Waals surface area contributed by atoms with Gasteiger partial charge in [0.25, 0.3) is 0 Å². The zero-order chi connectivity index (χ0) is 11.3. The second kappa shape index (κ2) is 5.94. The number of nitrogens with zero attached hydrogens (tertiary/aromatic N) is 2. The highest BCUT2D eigenvalue weighted by atomic mass is 15.0. The second-order valence-corrected chi connectivity index (χ2v) is 5.24. The minimum Gasteiger partial charge on any atom is -0.337 e. The molecule has 86 valence electrons. The van der Waals surface area contributed by atoms with Crippen molar-refractivity contribution in [3.05, 3.63) is 18.2 Å². The average molecular weight is 208 g/mol. The van der Waals surface area contributed by atoms with Crippen LogP contribution in [0.3, 0.4) is 0 Å². The number of imidazole rings is 1. The van der Waals surface area contributed by atoms with Crippen molar-refractivity contribution in [2.24, 2.45) is 11.8 Å². The first kappa shape index (κ1) is 12.3. The van der Waals surface area contributed by atoms with E-state index >= 15 is 0 Å². The molecule has 0 N–H and O–H groups in total. The molecule has 0 unspecified atom stereocenters. The molecular formula is C13H24N2. The first-order valence-corrected chi connectivity index (χ1v) is 6.08. The smallest absolute Gasteiger partial charge is 0.0949 e. The van der Waals surface area contributed by atoms with Gasteiger partial charge in [-0.25, -0.2) is 4.98 Å². The average Bonchev–Trinajstić information content (AvgIpc) is 2.50. The molecule has 0 bridgehead atoms. The lowest BCUT2D eigenvalue weighted by Gasteiger charge is -2.04. The molecule has 0 saturated heterocycles. The van der Waals surface area contributed by atoms with Gasteiger partial charge in [0, 0.05) is 12.7 Å². The molecule has 0 radical (unpaired) electrons. The van der Waals surface area contributed by atoms with Gasteiger partial charge in [-0.2, -0.15) is 0 Å². The summed E-state index contributed by atoms with van der Waals surface area (Å²) in [7, 11) is 0. The van der Waals surface area contributed by atoms with Gasteiger partial charge in [0.05, 0.1) is 12.0 Å². The molecule has 0 atom stereocenters. The molecule has 0 spiro atoms. The van der Waals surface area contributed by atoms with E-state index in [0.29, 0.717) is 5.92 Å². The minimum atomic E-state index is 0.698. The van der Waals surface area contributed by atoms with Crippen molar-refractivity contribution >= 4 is 0 Å². The van der Waals surface area contributed by atoms with Gasteiger partial charge in [-0.05, 0) is 31.1 Å². The third-order valence-corrected chi connectivity index (χ3v) is 2.50. The van der Waals surface area contributed by atoms with E-state index in [0.717, 1.165) is 18.9 Å². The predicted octanol–water partition coefficient (Wildman–Crippen LogP) is 3.52. The Morgan fingerprint density at radius 2 is 1.93 bits per heavy atom. The van der Waals surface area contributed by atoms with Crippen molar-refractivity contribution in [3.8, 4) is 0 Å². The summed E-state index contributed by atoms with van der Waals surface area (Å²) in [6.07, 6.45) is 7.82. The van der Waals surface area contributed by atoms with Crippen LogP contribution in [-0.4, -0.2) is 9.55 Å².